The summed E-state index contributed by atoms with van der Waals surface area (Å²) < 4.78 is 0. The fraction of sp³-hybridized carbons (Fsp3) is 0.250. The first-order chi connectivity index (χ1) is 9.70. The molecule has 20 heavy (non-hydrogen) atoms. The normalized spacial score (nSPS) is 13.8. The summed E-state index contributed by atoms with van der Waals surface area (Å²) >= 11 is 0. The van der Waals surface area contributed by atoms with Gasteiger partial charge in [0.25, 0.3) is 5.91 Å². The highest BCUT2D eigenvalue weighted by molar-refractivity contribution is 5.92. The van der Waals surface area contributed by atoms with Crippen molar-refractivity contribution < 1.29 is 4.79 Å². The van der Waals surface area contributed by atoms with Crippen molar-refractivity contribution in [1.82, 2.24) is 10.3 Å². The number of benzene rings is 1. The molecular formula is C16H17N3O. The Morgan fingerprint density at radius 2 is 2.05 bits per heavy atom. The van der Waals surface area contributed by atoms with Crippen LogP contribution in [-0.4, -0.2) is 16.9 Å². The van der Waals surface area contributed by atoms with E-state index in [-0.39, 0.29) is 5.91 Å². The molecule has 1 aromatic heterocycles. The maximum absolute atomic E-state index is 11.8. The van der Waals surface area contributed by atoms with E-state index in [1.807, 2.05) is 18.2 Å². The third-order valence-corrected chi connectivity index (χ3v) is 3.22. The van der Waals surface area contributed by atoms with E-state index in [1.54, 1.807) is 12.3 Å². The van der Waals surface area contributed by atoms with Crippen LogP contribution in [0.5, 0.6) is 0 Å². The molecule has 0 spiro atoms. The third-order valence-electron chi connectivity index (χ3n) is 3.22. The van der Waals surface area contributed by atoms with Crippen molar-refractivity contribution in [3.05, 3.63) is 53.9 Å². The Kier molecular flexibility index (Phi) is 3.37. The predicted molar refractivity (Wildman–Crippen MR) is 79.2 cm³/mol. The van der Waals surface area contributed by atoms with Gasteiger partial charge in [0.2, 0.25) is 0 Å². The van der Waals surface area contributed by atoms with Crippen molar-refractivity contribution in [1.29, 1.82) is 0 Å². The van der Waals surface area contributed by atoms with Crippen LogP contribution in [0.25, 0.3) is 0 Å². The lowest BCUT2D eigenvalue weighted by Crippen LogP contribution is -2.26. The number of anilines is 2. The fourth-order valence-electron chi connectivity index (χ4n) is 1.98. The average molecular weight is 267 g/mol. The molecule has 2 N–H and O–H groups in total. The van der Waals surface area contributed by atoms with Crippen LogP contribution in [0, 0.1) is 6.92 Å². The highest BCUT2D eigenvalue weighted by Gasteiger charge is 2.24. The highest BCUT2D eigenvalue weighted by Crippen LogP contribution is 2.20. The number of aromatic nitrogens is 1. The van der Waals surface area contributed by atoms with Crippen molar-refractivity contribution in [3.8, 4) is 0 Å². The lowest BCUT2D eigenvalue weighted by Gasteiger charge is -2.08. The molecule has 1 aliphatic carbocycles. The minimum absolute atomic E-state index is 0.0883. The van der Waals surface area contributed by atoms with Crippen LogP contribution in [0.4, 0.5) is 11.4 Å². The number of carbonyl (C=O) groups excluding carboxylic acids is 1. The predicted octanol–water partition coefficient (Wildman–Crippen LogP) is 3.03. The van der Waals surface area contributed by atoms with Gasteiger partial charge in [-0.2, -0.15) is 0 Å². The molecule has 0 bridgehead atoms. The summed E-state index contributed by atoms with van der Waals surface area (Å²) in [4.78, 5) is 16.0. The number of nitrogens with zero attached hydrogens (tertiary/aromatic N) is 1. The van der Waals surface area contributed by atoms with E-state index < -0.39 is 0 Å². The SMILES string of the molecule is Cc1cccc(Nc2ccc(C(=O)NC3CC3)nc2)c1. The molecule has 3 rings (SSSR count). The Morgan fingerprint density at radius 3 is 2.70 bits per heavy atom. The number of nitrogens with one attached hydrogen (secondary N) is 2. The van der Waals surface area contributed by atoms with Crippen LogP contribution in [0.15, 0.2) is 42.6 Å². The summed E-state index contributed by atoms with van der Waals surface area (Å²) in [5.74, 6) is -0.0883. The van der Waals surface area contributed by atoms with Gasteiger partial charge in [0, 0.05) is 11.7 Å². The van der Waals surface area contributed by atoms with Gasteiger partial charge in [-0.05, 0) is 49.6 Å². The summed E-state index contributed by atoms with van der Waals surface area (Å²) in [6, 6.07) is 12.1. The summed E-state index contributed by atoms with van der Waals surface area (Å²) in [6.45, 7) is 2.05. The van der Waals surface area contributed by atoms with Crippen LogP contribution < -0.4 is 10.6 Å². The van der Waals surface area contributed by atoms with Gasteiger partial charge in [0.05, 0.1) is 11.9 Å². The Hall–Kier alpha value is -2.36. The molecule has 1 aliphatic rings. The number of pyridine rings is 1. The molecule has 1 aromatic carbocycles. The summed E-state index contributed by atoms with van der Waals surface area (Å²) in [6.07, 6.45) is 3.85. The van der Waals surface area contributed by atoms with Gasteiger partial charge in [-0.1, -0.05) is 12.1 Å². The second kappa shape index (κ2) is 5.33. The van der Waals surface area contributed by atoms with Crippen LogP contribution in [0.3, 0.4) is 0 Å². The molecule has 1 amide bonds. The molecule has 0 radical (unpaired) electrons. The standard InChI is InChI=1S/C16H17N3O/c1-11-3-2-4-13(9-11)18-14-7-8-15(17-10-14)16(20)19-12-5-6-12/h2-4,7-10,12,18H,5-6H2,1H3,(H,19,20). The van der Waals surface area contributed by atoms with Gasteiger partial charge in [-0.25, -0.2) is 4.98 Å². The fourth-order valence-corrected chi connectivity index (χ4v) is 1.98. The lowest BCUT2D eigenvalue weighted by molar-refractivity contribution is 0.0946. The van der Waals surface area contributed by atoms with Crippen molar-refractivity contribution in [2.24, 2.45) is 0 Å². The summed E-state index contributed by atoms with van der Waals surface area (Å²) in [5, 5.41) is 6.19. The van der Waals surface area contributed by atoms with Crippen LogP contribution in [0.2, 0.25) is 0 Å². The molecule has 1 saturated carbocycles. The number of rotatable bonds is 4. The maximum atomic E-state index is 11.8. The number of hydrogen-bond acceptors (Lipinski definition) is 3. The third kappa shape index (κ3) is 3.15. The van der Waals surface area contributed by atoms with Crippen molar-refractivity contribution >= 4 is 17.3 Å². The maximum Gasteiger partial charge on any atom is 0.270 e. The van der Waals surface area contributed by atoms with Crippen molar-refractivity contribution in [3.63, 3.8) is 0 Å². The van der Waals surface area contributed by atoms with Gasteiger partial charge in [-0.15, -0.1) is 0 Å². The Bertz CT molecular complexity index is 618. The highest BCUT2D eigenvalue weighted by atomic mass is 16.2. The smallest absolute Gasteiger partial charge is 0.270 e. The van der Waals surface area contributed by atoms with Gasteiger partial charge in [0.1, 0.15) is 5.69 Å². The number of carbonyl (C=O) groups is 1. The van der Waals surface area contributed by atoms with Gasteiger partial charge in [0.15, 0.2) is 0 Å². The Labute approximate surface area is 118 Å². The van der Waals surface area contributed by atoms with E-state index in [0.29, 0.717) is 11.7 Å². The largest absolute Gasteiger partial charge is 0.354 e. The minimum atomic E-state index is -0.0883. The summed E-state index contributed by atoms with van der Waals surface area (Å²) in [5.41, 5.74) is 3.55. The molecule has 0 atom stereocenters. The Morgan fingerprint density at radius 1 is 1.20 bits per heavy atom. The second-order valence-corrected chi connectivity index (χ2v) is 5.17. The zero-order chi connectivity index (χ0) is 13.9. The van der Waals surface area contributed by atoms with E-state index in [9.17, 15) is 4.79 Å². The van der Waals surface area contributed by atoms with Crippen molar-refractivity contribution in [2.45, 2.75) is 25.8 Å². The van der Waals surface area contributed by atoms with Gasteiger partial charge in [-0.3, -0.25) is 4.79 Å². The van der Waals surface area contributed by atoms with E-state index in [0.717, 1.165) is 24.2 Å². The number of aryl methyl sites for hydroxylation is 1. The first-order valence-electron chi connectivity index (χ1n) is 6.81. The molecule has 1 fully saturated rings. The Balaban J connectivity index is 1.67. The molecule has 2 aromatic rings. The zero-order valence-electron chi connectivity index (χ0n) is 11.4. The van der Waals surface area contributed by atoms with Crippen LogP contribution >= 0.6 is 0 Å². The van der Waals surface area contributed by atoms with Crippen LogP contribution in [0.1, 0.15) is 28.9 Å². The van der Waals surface area contributed by atoms with E-state index in [1.165, 1.54) is 5.56 Å². The summed E-state index contributed by atoms with van der Waals surface area (Å²) in [7, 11) is 0. The second-order valence-electron chi connectivity index (χ2n) is 5.17. The van der Waals surface area contributed by atoms with Gasteiger partial charge < -0.3 is 10.6 Å². The molecule has 1 heterocycles. The first-order valence-corrected chi connectivity index (χ1v) is 6.81. The quantitative estimate of drug-likeness (QED) is 0.895. The molecule has 0 aliphatic heterocycles. The molecule has 4 nitrogen and oxygen atoms in total. The van der Waals surface area contributed by atoms with E-state index >= 15 is 0 Å². The van der Waals surface area contributed by atoms with E-state index in [2.05, 4.69) is 34.7 Å². The molecule has 0 unspecified atom stereocenters. The molecular weight excluding hydrogens is 250 g/mol. The van der Waals surface area contributed by atoms with E-state index in [4.69, 9.17) is 0 Å². The average Bonchev–Trinajstić information content (AvgIpc) is 3.23. The monoisotopic (exact) mass is 267 g/mol. The molecule has 0 saturated heterocycles. The van der Waals surface area contributed by atoms with Gasteiger partial charge >= 0.3 is 0 Å². The first kappa shape index (κ1) is 12.7. The number of amides is 1. The zero-order valence-corrected chi connectivity index (χ0v) is 11.4. The topological polar surface area (TPSA) is 54.0 Å². The molecule has 102 valence electrons. The van der Waals surface area contributed by atoms with Crippen molar-refractivity contribution in [2.75, 3.05) is 5.32 Å². The number of hydrogen-bond donors (Lipinski definition) is 2. The van der Waals surface area contributed by atoms with Crippen LogP contribution in [-0.2, 0) is 0 Å². The molecule has 4 heteroatoms. The lowest BCUT2D eigenvalue weighted by atomic mass is 10.2. The minimum Gasteiger partial charge on any atom is -0.354 e.